The number of hydrogen-bond donors (Lipinski definition) is 1. The maximum Gasteiger partial charge on any atom is 0.255 e. The standard InChI is InChI=1S/C14H12BrFN2O2/c1-2-18-8-10(4-6-13(18)19)17-14(20)9-3-5-11(15)12(16)7-9/h3-8H,2H2,1H3,(H,17,20). The van der Waals surface area contributed by atoms with Gasteiger partial charge in [0.2, 0.25) is 0 Å². The van der Waals surface area contributed by atoms with Crippen LogP contribution in [0.2, 0.25) is 0 Å². The molecule has 1 aromatic heterocycles. The number of benzene rings is 1. The fourth-order valence-corrected chi connectivity index (χ4v) is 1.94. The molecule has 0 saturated carbocycles. The van der Waals surface area contributed by atoms with Gasteiger partial charge < -0.3 is 9.88 Å². The van der Waals surface area contributed by atoms with E-state index in [1.54, 1.807) is 6.20 Å². The highest BCUT2D eigenvalue weighted by molar-refractivity contribution is 9.10. The maximum absolute atomic E-state index is 13.4. The van der Waals surface area contributed by atoms with Crippen LogP contribution in [-0.2, 0) is 6.54 Å². The Bertz CT molecular complexity index is 713. The highest BCUT2D eigenvalue weighted by atomic mass is 79.9. The van der Waals surface area contributed by atoms with Crippen molar-refractivity contribution in [1.82, 2.24) is 4.57 Å². The number of pyridine rings is 1. The molecule has 1 amide bonds. The lowest BCUT2D eigenvalue weighted by Gasteiger charge is -2.08. The predicted octanol–water partition coefficient (Wildman–Crippen LogP) is 3.02. The van der Waals surface area contributed by atoms with Crippen molar-refractivity contribution in [1.29, 1.82) is 0 Å². The first-order valence-corrected chi connectivity index (χ1v) is 6.77. The van der Waals surface area contributed by atoms with Crippen molar-refractivity contribution < 1.29 is 9.18 Å². The van der Waals surface area contributed by atoms with Gasteiger partial charge >= 0.3 is 0 Å². The lowest BCUT2D eigenvalue weighted by atomic mass is 10.2. The summed E-state index contributed by atoms with van der Waals surface area (Å²) in [6.45, 7) is 2.34. The average molecular weight is 339 g/mol. The Morgan fingerprint density at radius 1 is 1.35 bits per heavy atom. The molecule has 0 radical (unpaired) electrons. The zero-order chi connectivity index (χ0) is 14.7. The van der Waals surface area contributed by atoms with Gasteiger partial charge in [-0.1, -0.05) is 0 Å². The summed E-state index contributed by atoms with van der Waals surface area (Å²) in [6, 6.07) is 7.02. The number of nitrogens with one attached hydrogen (secondary N) is 1. The molecule has 1 aromatic carbocycles. The number of rotatable bonds is 3. The van der Waals surface area contributed by atoms with Gasteiger partial charge in [-0.2, -0.15) is 0 Å². The summed E-state index contributed by atoms with van der Waals surface area (Å²) in [4.78, 5) is 23.4. The third-order valence-electron chi connectivity index (χ3n) is 2.76. The molecule has 20 heavy (non-hydrogen) atoms. The molecule has 2 rings (SSSR count). The van der Waals surface area contributed by atoms with Crippen LogP contribution in [0.15, 0.2) is 45.8 Å². The topological polar surface area (TPSA) is 51.1 Å². The largest absolute Gasteiger partial charge is 0.321 e. The fourth-order valence-electron chi connectivity index (χ4n) is 1.69. The number of halogens is 2. The van der Waals surface area contributed by atoms with Crippen molar-refractivity contribution in [2.45, 2.75) is 13.5 Å². The third kappa shape index (κ3) is 3.14. The molecule has 0 bridgehead atoms. The molecule has 2 aromatic rings. The minimum absolute atomic E-state index is 0.139. The monoisotopic (exact) mass is 338 g/mol. The van der Waals surface area contributed by atoms with E-state index in [9.17, 15) is 14.0 Å². The Labute approximate surface area is 123 Å². The van der Waals surface area contributed by atoms with Crippen molar-refractivity contribution in [3.8, 4) is 0 Å². The zero-order valence-electron chi connectivity index (χ0n) is 10.7. The van der Waals surface area contributed by atoms with Gasteiger partial charge in [-0.25, -0.2) is 4.39 Å². The molecule has 104 valence electrons. The molecule has 0 fully saturated rings. The van der Waals surface area contributed by atoms with Gasteiger partial charge in [0.05, 0.1) is 10.2 Å². The van der Waals surface area contributed by atoms with Crippen LogP contribution in [0.25, 0.3) is 0 Å². The minimum atomic E-state index is -0.504. The highest BCUT2D eigenvalue weighted by Gasteiger charge is 2.09. The second-order valence-electron chi connectivity index (χ2n) is 4.13. The normalized spacial score (nSPS) is 10.3. The van der Waals surface area contributed by atoms with Crippen LogP contribution in [-0.4, -0.2) is 10.5 Å². The van der Waals surface area contributed by atoms with Crippen LogP contribution in [0.3, 0.4) is 0 Å². The van der Waals surface area contributed by atoms with Crippen LogP contribution in [0.1, 0.15) is 17.3 Å². The molecule has 6 heteroatoms. The number of amides is 1. The molecule has 0 saturated heterocycles. The lowest BCUT2D eigenvalue weighted by molar-refractivity contribution is 0.102. The summed E-state index contributed by atoms with van der Waals surface area (Å²) in [7, 11) is 0. The molecule has 1 heterocycles. The second kappa shape index (κ2) is 6.00. The number of nitrogens with zero attached hydrogens (tertiary/aromatic N) is 1. The van der Waals surface area contributed by atoms with E-state index in [0.29, 0.717) is 16.7 Å². The van der Waals surface area contributed by atoms with Gasteiger partial charge in [0.1, 0.15) is 5.82 Å². The number of carbonyl (C=O) groups is 1. The van der Waals surface area contributed by atoms with Crippen LogP contribution in [0.4, 0.5) is 10.1 Å². The molecule has 0 atom stereocenters. The first-order chi connectivity index (χ1) is 9.51. The molecule has 0 aliphatic rings. The summed E-state index contributed by atoms with van der Waals surface area (Å²) in [5.74, 6) is -0.936. The van der Waals surface area contributed by atoms with E-state index in [4.69, 9.17) is 0 Å². The second-order valence-corrected chi connectivity index (χ2v) is 4.98. The molecular formula is C14H12BrFN2O2. The Kier molecular flexibility index (Phi) is 4.34. The van der Waals surface area contributed by atoms with E-state index in [-0.39, 0.29) is 11.1 Å². The van der Waals surface area contributed by atoms with Gasteiger partial charge in [0.15, 0.2) is 0 Å². The van der Waals surface area contributed by atoms with Crippen molar-refractivity contribution >= 4 is 27.5 Å². The van der Waals surface area contributed by atoms with Crippen LogP contribution < -0.4 is 10.9 Å². The molecule has 1 N–H and O–H groups in total. The quantitative estimate of drug-likeness (QED) is 0.935. The lowest BCUT2D eigenvalue weighted by Crippen LogP contribution is -2.19. The van der Waals surface area contributed by atoms with E-state index in [1.807, 2.05) is 6.92 Å². The first kappa shape index (κ1) is 14.5. The minimum Gasteiger partial charge on any atom is -0.321 e. The van der Waals surface area contributed by atoms with Gasteiger partial charge in [-0.15, -0.1) is 0 Å². The van der Waals surface area contributed by atoms with Crippen molar-refractivity contribution in [2.24, 2.45) is 0 Å². The molecule has 0 spiro atoms. The highest BCUT2D eigenvalue weighted by Crippen LogP contribution is 2.17. The summed E-state index contributed by atoms with van der Waals surface area (Å²) in [6.07, 6.45) is 1.55. The summed E-state index contributed by atoms with van der Waals surface area (Å²) in [5, 5.41) is 2.63. The van der Waals surface area contributed by atoms with Crippen molar-refractivity contribution in [3.05, 3.63) is 62.7 Å². The smallest absolute Gasteiger partial charge is 0.255 e. The van der Waals surface area contributed by atoms with Gasteiger partial charge in [-0.05, 0) is 47.1 Å². The van der Waals surface area contributed by atoms with Crippen molar-refractivity contribution in [3.63, 3.8) is 0 Å². The number of aromatic nitrogens is 1. The first-order valence-electron chi connectivity index (χ1n) is 5.98. The van der Waals surface area contributed by atoms with Crippen LogP contribution in [0, 0.1) is 5.82 Å². The van der Waals surface area contributed by atoms with Gasteiger partial charge in [-0.3, -0.25) is 9.59 Å². The van der Waals surface area contributed by atoms with Crippen LogP contribution in [0.5, 0.6) is 0 Å². The number of carbonyl (C=O) groups excluding carboxylic acids is 1. The Hall–Kier alpha value is -1.95. The third-order valence-corrected chi connectivity index (χ3v) is 3.41. The SMILES string of the molecule is CCn1cc(NC(=O)c2ccc(Br)c(F)c2)ccc1=O. The average Bonchev–Trinajstić information content (AvgIpc) is 2.43. The Morgan fingerprint density at radius 2 is 2.10 bits per heavy atom. The van der Waals surface area contributed by atoms with E-state index in [0.717, 1.165) is 6.07 Å². The Morgan fingerprint density at radius 3 is 2.75 bits per heavy atom. The molecule has 0 aliphatic heterocycles. The molecule has 4 nitrogen and oxygen atoms in total. The number of anilines is 1. The van der Waals surface area contributed by atoms with E-state index in [2.05, 4.69) is 21.2 Å². The van der Waals surface area contributed by atoms with E-state index >= 15 is 0 Å². The summed E-state index contributed by atoms with van der Waals surface area (Å²) in [5.41, 5.74) is 0.555. The molecule has 0 unspecified atom stereocenters. The zero-order valence-corrected chi connectivity index (χ0v) is 12.3. The van der Waals surface area contributed by atoms with E-state index in [1.165, 1.54) is 28.8 Å². The Balaban J connectivity index is 2.23. The van der Waals surface area contributed by atoms with Gasteiger partial charge in [0.25, 0.3) is 11.5 Å². The molecular weight excluding hydrogens is 327 g/mol. The number of hydrogen-bond acceptors (Lipinski definition) is 2. The molecule has 0 aliphatic carbocycles. The van der Waals surface area contributed by atoms with Crippen LogP contribution >= 0.6 is 15.9 Å². The van der Waals surface area contributed by atoms with Crippen molar-refractivity contribution in [2.75, 3.05) is 5.32 Å². The van der Waals surface area contributed by atoms with E-state index < -0.39 is 11.7 Å². The summed E-state index contributed by atoms with van der Waals surface area (Å²) < 4.78 is 15.1. The van der Waals surface area contributed by atoms with Gasteiger partial charge in [0, 0.05) is 24.4 Å². The fraction of sp³-hybridized carbons (Fsp3) is 0.143. The number of aryl methyl sites for hydroxylation is 1. The maximum atomic E-state index is 13.4. The summed E-state index contributed by atoms with van der Waals surface area (Å²) >= 11 is 3.03. The predicted molar refractivity (Wildman–Crippen MR) is 78.4 cm³/mol.